The quantitative estimate of drug-likeness (QED) is 0.452. The summed E-state index contributed by atoms with van der Waals surface area (Å²) in [4.78, 5) is 11.1. The Balaban J connectivity index is 2.31. The second-order valence-electron chi connectivity index (χ2n) is 3.87. The van der Waals surface area contributed by atoms with Gasteiger partial charge in [0.15, 0.2) is 0 Å². The van der Waals surface area contributed by atoms with Crippen molar-refractivity contribution in [1.82, 2.24) is 0 Å². The molecule has 0 fully saturated rings. The summed E-state index contributed by atoms with van der Waals surface area (Å²) in [5.41, 5.74) is 8.67. The maximum absolute atomic E-state index is 11.1. The minimum absolute atomic E-state index is 0.147. The van der Waals surface area contributed by atoms with Gasteiger partial charge in [-0.3, -0.25) is 4.79 Å². The monoisotopic (exact) mass is 236 g/mol. The lowest BCUT2D eigenvalue weighted by atomic mass is 10.1. The van der Waals surface area contributed by atoms with Crippen molar-refractivity contribution >= 4 is 17.3 Å². The fourth-order valence-corrected chi connectivity index (χ4v) is 1.52. The molecule has 4 heteroatoms. The van der Waals surface area contributed by atoms with Crippen LogP contribution in [-0.2, 0) is 9.53 Å². The molecule has 0 bridgehead atoms. The van der Waals surface area contributed by atoms with Gasteiger partial charge in [-0.1, -0.05) is 12.1 Å². The minimum atomic E-state index is -0.147. The molecule has 0 atom stereocenters. The van der Waals surface area contributed by atoms with E-state index in [9.17, 15) is 4.79 Å². The van der Waals surface area contributed by atoms with Gasteiger partial charge >= 0.3 is 5.97 Å². The van der Waals surface area contributed by atoms with Gasteiger partial charge in [0.2, 0.25) is 0 Å². The van der Waals surface area contributed by atoms with E-state index in [4.69, 9.17) is 10.5 Å². The Bertz CT molecular complexity index is 378. The number of esters is 1. The number of para-hydroxylation sites is 1. The Labute approximate surface area is 102 Å². The van der Waals surface area contributed by atoms with Crippen molar-refractivity contribution in [3.63, 3.8) is 0 Å². The lowest BCUT2D eigenvalue weighted by Gasteiger charge is -2.10. The highest BCUT2D eigenvalue weighted by molar-refractivity contribution is 5.70. The van der Waals surface area contributed by atoms with Gasteiger partial charge in [0.1, 0.15) is 0 Å². The van der Waals surface area contributed by atoms with E-state index in [1.165, 1.54) is 0 Å². The van der Waals surface area contributed by atoms with Gasteiger partial charge in [-0.2, -0.15) is 0 Å². The highest BCUT2D eigenvalue weighted by atomic mass is 16.5. The molecule has 1 rings (SSSR count). The van der Waals surface area contributed by atoms with Crippen molar-refractivity contribution in [2.45, 2.75) is 26.7 Å². The summed E-state index contributed by atoms with van der Waals surface area (Å²) < 4.78 is 4.85. The van der Waals surface area contributed by atoms with Crippen molar-refractivity contribution in [2.24, 2.45) is 0 Å². The van der Waals surface area contributed by atoms with E-state index in [-0.39, 0.29) is 5.97 Å². The summed E-state index contributed by atoms with van der Waals surface area (Å²) in [6, 6.07) is 5.87. The van der Waals surface area contributed by atoms with Gasteiger partial charge in [0.05, 0.1) is 18.0 Å². The second-order valence-corrected chi connectivity index (χ2v) is 3.87. The predicted octanol–water partition coefficient (Wildman–Crippen LogP) is 2.33. The van der Waals surface area contributed by atoms with Crippen molar-refractivity contribution in [1.29, 1.82) is 0 Å². The number of ether oxygens (including phenoxy) is 1. The van der Waals surface area contributed by atoms with E-state index >= 15 is 0 Å². The maximum Gasteiger partial charge on any atom is 0.305 e. The SMILES string of the molecule is CCOC(=O)CCCNc1cccc(C)c1N. The van der Waals surface area contributed by atoms with Gasteiger partial charge in [-0.25, -0.2) is 0 Å². The first kappa shape index (κ1) is 13.4. The Morgan fingerprint density at radius 2 is 2.24 bits per heavy atom. The molecule has 0 saturated carbocycles. The molecular weight excluding hydrogens is 216 g/mol. The molecule has 94 valence electrons. The second kappa shape index (κ2) is 6.78. The number of carbonyl (C=O) groups excluding carboxylic acids is 1. The normalized spacial score (nSPS) is 10.0. The van der Waals surface area contributed by atoms with Crippen molar-refractivity contribution in [2.75, 3.05) is 24.2 Å². The van der Waals surface area contributed by atoms with E-state index in [0.717, 1.165) is 23.4 Å². The fourth-order valence-electron chi connectivity index (χ4n) is 1.52. The van der Waals surface area contributed by atoms with Gasteiger partial charge in [0.25, 0.3) is 0 Å². The van der Waals surface area contributed by atoms with Crippen LogP contribution in [0.1, 0.15) is 25.3 Å². The number of nitrogen functional groups attached to an aromatic ring is 1. The molecule has 3 N–H and O–H groups in total. The van der Waals surface area contributed by atoms with Crippen LogP contribution in [0.25, 0.3) is 0 Å². The average molecular weight is 236 g/mol. The number of carbonyl (C=O) groups is 1. The van der Waals surface area contributed by atoms with Crippen molar-refractivity contribution in [3.8, 4) is 0 Å². The van der Waals surface area contributed by atoms with Crippen LogP contribution < -0.4 is 11.1 Å². The number of nitrogens with two attached hydrogens (primary N) is 1. The Hall–Kier alpha value is -1.71. The number of rotatable bonds is 6. The van der Waals surface area contributed by atoms with Crippen LogP contribution in [0.5, 0.6) is 0 Å². The molecule has 0 amide bonds. The van der Waals surface area contributed by atoms with Crippen LogP contribution in [0, 0.1) is 6.92 Å². The van der Waals surface area contributed by atoms with Gasteiger partial charge in [-0.05, 0) is 31.9 Å². The zero-order valence-corrected chi connectivity index (χ0v) is 10.5. The molecule has 0 unspecified atom stereocenters. The van der Waals surface area contributed by atoms with Crippen LogP contribution >= 0.6 is 0 Å². The topological polar surface area (TPSA) is 64.3 Å². The number of benzene rings is 1. The van der Waals surface area contributed by atoms with E-state index in [1.54, 1.807) is 0 Å². The number of anilines is 2. The van der Waals surface area contributed by atoms with Gasteiger partial charge in [0, 0.05) is 13.0 Å². The molecular formula is C13H20N2O2. The van der Waals surface area contributed by atoms with Gasteiger partial charge in [-0.15, -0.1) is 0 Å². The molecule has 0 aliphatic rings. The molecule has 1 aromatic rings. The smallest absolute Gasteiger partial charge is 0.305 e. The highest BCUT2D eigenvalue weighted by Crippen LogP contribution is 2.21. The molecule has 17 heavy (non-hydrogen) atoms. The molecule has 0 spiro atoms. The van der Waals surface area contributed by atoms with Crippen LogP contribution in [0.2, 0.25) is 0 Å². The lowest BCUT2D eigenvalue weighted by molar-refractivity contribution is -0.143. The van der Waals surface area contributed by atoms with E-state index in [1.807, 2.05) is 32.0 Å². The third-order valence-electron chi connectivity index (χ3n) is 2.50. The standard InChI is InChI=1S/C13H20N2O2/c1-3-17-12(16)8-5-9-15-11-7-4-6-10(2)13(11)14/h4,6-7,15H,3,5,8-9,14H2,1-2H3. The summed E-state index contributed by atoms with van der Waals surface area (Å²) in [6.07, 6.45) is 1.18. The first-order valence-electron chi connectivity index (χ1n) is 5.89. The molecule has 4 nitrogen and oxygen atoms in total. The third-order valence-corrected chi connectivity index (χ3v) is 2.50. The molecule has 0 radical (unpaired) electrons. The largest absolute Gasteiger partial charge is 0.466 e. The van der Waals surface area contributed by atoms with Crippen molar-refractivity contribution in [3.05, 3.63) is 23.8 Å². The molecule has 0 saturated heterocycles. The minimum Gasteiger partial charge on any atom is -0.466 e. The third kappa shape index (κ3) is 4.34. The van der Waals surface area contributed by atoms with Crippen LogP contribution in [0.15, 0.2) is 18.2 Å². The summed E-state index contributed by atoms with van der Waals surface area (Å²) >= 11 is 0. The van der Waals surface area contributed by atoms with E-state index < -0.39 is 0 Å². The van der Waals surface area contributed by atoms with Crippen LogP contribution in [-0.4, -0.2) is 19.1 Å². The first-order chi connectivity index (χ1) is 8.15. The summed E-state index contributed by atoms with van der Waals surface area (Å²) in [5, 5.41) is 3.22. The maximum atomic E-state index is 11.1. The summed E-state index contributed by atoms with van der Waals surface area (Å²) in [5.74, 6) is -0.147. The lowest BCUT2D eigenvalue weighted by Crippen LogP contribution is -2.09. The summed E-state index contributed by atoms with van der Waals surface area (Å²) in [7, 11) is 0. The number of aryl methyl sites for hydroxylation is 1. The first-order valence-corrected chi connectivity index (χ1v) is 5.89. The van der Waals surface area contributed by atoms with Crippen molar-refractivity contribution < 1.29 is 9.53 Å². The molecule has 0 heterocycles. The Morgan fingerprint density at radius 3 is 2.94 bits per heavy atom. The number of nitrogens with one attached hydrogen (secondary N) is 1. The molecule has 0 aromatic heterocycles. The molecule has 0 aliphatic heterocycles. The highest BCUT2D eigenvalue weighted by Gasteiger charge is 2.03. The number of hydrogen-bond donors (Lipinski definition) is 2. The summed E-state index contributed by atoms with van der Waals surface area (Å²) in [6.45, 7) is 4.94. The zero-order chi connectivity index (χ0) is 12.7. The Morgan fingerprint density at radius 1 is 1.47 bits per heavy atom. The van der Waals surface area contributed by atoms with E-state index in [0.29, 0.717) is 19.6 Å². The van der Waals surface area contributed by atoms with Crippen LogP contribution in [0.4, 0.5) is 11.4 Å². The fraction of sp³-hybridized carbons (Fsp3) is 0.462. The average Bonchev–Trinajstić information content (AvgIpc) is 2.30. The zero-order valence-electron chi connectivity index (χ0n) is 10.5. The Kier molecular flexibility index (Phi) is 5.33. The van der Waals surface area contributed by atoms with Gasteiger partial charge < -0.3 is 15.8 Å². The number of hydrogen-bond acceptors (Lipinski definition) is 4. The van der Waals surface area contributed by atoms with Crippen LogP contribution in [0.3, 0.4) is 0 Å². The molecule has 0 aliphatic carbocycles. The molecule has 1 aromatic carbocycles. The van der Waals surface area contributed by atoms with E-state index in [2.05, 4.69) is 5.32 Å². The predicted molar refractivity (Wildman–Crippen MR) is 69.9 cm³/mol.